The van der Waals surface area contributed by atoms with Crippen molar-refractivity contribution in [2.24, 2.45) is 17.0 Å². The summed E-state index contributed by atoms with van der Waals surface area (Å²) in [5.74, 6) is 0.735. The molecule has 0 aromatic rings. The number of hydrogen-bond donors (Lipinski definition) is 1. The number of ether oxygens (including phenoxy) is 1. The normalized spacial score (nSPS) is 36.8. The van der Waals surface area contributed by atoms with Crippen molar-refractivity contribution in [3.05, 3.63) is 0 Å². The lowest BCUT2D eigenvalue weighted by atomic mass is 9.68. The Balaban J connectivity index is 2.14. The largest absolute Gasteiger partial charge is 0.456 e. The van der Waals surface area contributed by atoms with E-state index in [0.29, 0.717) is 17.5 Å². The molecule has 0 radical (unpaired) electrons. The first-order valence-corrected chi connectivity index (χ1v) is 6.10. The van der Waals surface area contributed by atoms with Crippen LogP contribution in [0, 0.1) is 11.8 Å². The van der Waals surface area contributed by atoms with Crippen molar-refractivity contribution in [3.63, 3.8) is 0 Å². The molecule has 3 atom stereocenters. The Morgan fingerprint density at radius 3 is 2.81 bits per heavy atom. The second-order valence-corrected chi connectivity index (χ2v) is 4.87. The first-order valence-electron chi connectivity index (χ1n) is 6.10. The number of esters is 1. The maximum absolute atomic E-state index is 11.1. The molecule has 0 saturated heterocycles. The maximum Gasteiger partial charge on any atom is 0.303 e. The van der Waals surface area contributed by atoms with Gasteiger partial charge in [-0.25, -0.2) is 0 Å². The molecule has 90 valence electrons. The van der Waals surface area contributed by atoms with Gasteiger partial charge in [0.2, 0.25) is 0 Å². The lowest BCUT2D eigenvalue weighted by molar-refractivity contribution is -0.147. The fourth-order valence-corrected chi connectivity index (χ4v) is 3.16. The molecule has 2 aliphatic rings. The second kappa shape index (κ2) is 4.85. The van der Waals surface area contributed by atoms with Gasteiger partial charge >= 0.3 is 5.97 Å². The van der Waals surface area contributed by atoms with E-state index in [1.165, 1.54) is 26.2 Å². The zero-order valence-electron chi connectivity index (χ0n) is 9.69. The van der Waals surface area contributed by atoms with Gasteiger partial charge in [0.1, 0.15) is 6.10 Å². The van der Waals surface area contributed by atoms with Gasteiger partial charge in [0, 0.05) is 12.8 Å². The van der Waals surface area contributed by atoms with Crippen LogP contribution in [0.1, 0.15) is 45.4 Å². The topological polar surface area (TPSA) is 58.9 Å². The van der Waals surface area contributed by atoms with E-state index in [-0.39, 0.29) is 12.1 Å². The van der Waals surface area contributed by atoms with Crippen LogP contribution in [0.15, 0.2) is 5.16 Å². The summed E-state index contributed by atoms with van der Waals surface area (Å²) in [5.41, 5.74) is 0.651. The Morgan fingerprint density at radius 1 is 1.38 bits per heavy atom. The molecule has 0 heterocycles. The highest BCUT2D eigenvalue weighted by Crippen LogP contribution is 2.40. The Bertz CT molecular complexity index is 301. The van der Waals surface area contributed by atoms with Gasteiger partial charge in [-0.2, -0.15) is 0 Å². The van der Waals surface area contributed by atoms with Crippen molar-refractivity contribution in [1.29, 1.82) is 0 Å². The van der Waals surface area contributed by atoms with Gasteiger partial charge < -0.3 is 9.94 Å². The fourth-order valence-electron chi connectivity index (χ4n) is 3.16. The number of oxime groups is 1. The van der Waals surface area contributed by atoms with Crippen LogP contribution in [-0.2, 0) is 9.53 Å². The lowest BCUT2D eigenvalue weighted by Gasteiger charge is -2.40. The predicted octanol–water partition coefficient (Wildman–Crippen LogP) is 2.35. The van der Waals surface area contributed by atoms with Crippen LogP contribution < -0.4 is 0 Å². The van der Waals surface area contributed by atoms with Crippen LogP contribution >= 0.6 is 0 Å². The number of fused-ring (bicyclic) bond motifs is 1. The van der Waals surface area contributed by atoms with Crippen LogP contribution in [0.4, 0.5) is 0 Å². The number of carbonyl (C=O) groups excluding carboxylic acids is 1. The molecule has 4 heteroatoms. The minimum Gasteiger partial charge on any atom is -0.456 e. The van der Waals surface area contributed by atoms with Gasteiger partial charge in [-0.3, -0.25) is 4.79 Å². The quantitative estimate of drug-likeness (QED) is 0.423. The number of hydrogen-bond acceptors (Lipinski definition) is 4. The molecular formula is C12H19NO3. The molecule has 2 saturated carbocycles. The minimum absolute atomic E-state index is 0.276. The van der Waals surface area contributed by atoms with Gasteiger partial charge in [0.25, 0.3) is 0 Å². The molecule has 0 bridgehead atoms. The molecule has 0 spiro atoms. The van der Waals surface area contributed by atoms with Crippen LogP contribution in [0.25, 0.3) is 0 Å². The summed E-state index contributed by atoms with van der Waals surface area (Å²) in [5, 5.41) is 12.3. The number of rotatable bonds is 1. The Hall–Kier alpha value is -1.06. The lowest BCUT2D eigenvalue weighted by Crippen LogP contribution is -2.43. The Labute approximate surface area is 95.7 Å². The first-order chi connectivity index (χ1) is 7.72. The molecule has 0 amide bonds. The highest BCUT2D eigenvalue weighted by Gasteiger charge is 2.40. The maximum atomic E-state index is 11.1. The van der Waals surface area contributed by atoms with Gasteiger partial charge in [-0.15, -0.1) is 0 Å². The van der Waals surface area contributed by atoms with E-state index in [9.17, 15) is 4.79 Å². The summed E-state index contributed by atoms with van der Waals surface area (Å²) in [6.07, 6.45) is 6.33. The molecular weight excluding hydrogens is 206 g/mol. The van der Waals surface area contributed by atoms with Gasteiger partial charge in [-0.1, -0.05) is 24.4 Å². The molecule has 16 heavy (non-hydrogen) atoms. The van der Waals surface area contributed by atoms with Crippen LogP contribution in [0.2, 0.25) is 0 Å². The van der Waals surface area contributed by atoms with E-state index >= 15 is 0 Å². The summed E-state index contributed by atoms with van der Waals surface area (Å²) in [4.78, 5) is 11.1. The van der Waals surface area contributed by atoms with Crippen molar-refractivity contribution in [2.45, 2.75) is 51.6 Å². The van der Waals surface area contributed by atoms with Crippen molar-refractivity contribution in [1.82, 2.24) is 0 Å². The zero-order chi connectivity index (χ0) is 11.5. The Morgan fingerprint density at radius 2 is 2.12 bits per heavy atom. The smallest absolute Gasteiger partial charge is 0.303 e. The third-order valence-electron chi connectivity index (χ3n) is 3.88. The van der Waals surface area contributed by atoms with Crippen LogP contribution in [-0.4, -0.2) is 23.0 Å². The third-order valence-corrected chi connectivity index (χ3v) is 3.88. The Kier molecular flexibility index (Phi) is 3.46. The highest BCUT2D eigenvalue weighted by molar-refractivity contribution is 5.90. The van der Waals surface area contributed by atoms with E-state index in [1.54, 1.807) is 0 Å². The highest BCUT2D eigenvalue weighted by atomic mass is 16.5. The molecule has 0 aromatic carbocycles. The summed E-state index contributed by atoms with van der Waals surface area (Å²) in [7, 11) is 0. The van der Waals surface area contributed by atoms with Crippen molar-refractivity contribution >= 4 is 11.7 Å². The predicted molar refractivity (Wildman–Crippen MR) is 59.5 cm³/mol. The number of nitrogens with zero attached hydrogens (tertiary/aromatic N) is 1. The summed E-state index contributed by atoms with van der Waals surface area (Å²) < 4.78 is 5.33. The van der Waals surface area contributed by atoms with E-state index in [1.807, 2.05) is 0 Å². The fraction of sp³-hybridized carbons (Fsp3) is 0.833. The molecule has 0 aromatic heterocycles. The van der Waals surface area contributed by atoms with Crippen molar-refractivity contribution in [3.8, 4) is 0 Å². The average molecular weight is 225 g/mol. The van der Waals surface area contributed by atoms with Gasteiger partial charge in [-0.05, 0) is 25.2 Å². The summed E-state index contributed by atoms with van der Waals surface area (Å²) >= 11 is 0. The first kappa shape index (κ1) is 11.4. The minimum atomic E-state index is -0.280. The average Bonchev–Trinajstić information content (AvgIpc) is 2.29. The monoisotopic (exact) mass is 225 g/mol. The summed E-state index contributed by atoms with van der Waals surface area (Å²) in [6, 6.07) is 0. The molecule has 2 aliphatic carbocycles. The van der Waals surface area contributed by atoms with E-state index < -0.39 is 0 Å². The van der Waals surface area contributed by atoms with Crippen LogP contribution in [0.5, 0.6) is 0 Å². The van der Waals surface area contributed by atoms with E-state index in [4.69, 9.17) is 9.94 Å². The molecule has 2 rings (SSSR count). The standard InChI is InChI=1S/C12H19NO3/c1-8(14)16-12-10-5-3-2-4-9(10)6-7-11(12)13-15/h9-10,12,15H,2-7H2,1H3/t9-,10+,12-/m0/s1. The van der Waals surface area contributed by atoms with Crippen molar-refractivity contribution < 1.29 is 14.7 Å². The molecule has 0 aliphatic heterocycles. The van der Waals surface area contributed by atoms with E-state index in [2.05, 4.69) is 5.16 Å². The molecule has 1 N–H and O–H groups in total. The van der Waals surface area contributed by atoms with Crippen LogP contribution in [0.3, 0.4) is 0 Å². The number of carbonyl (C=O) groups is 1. The third kappa shape index (κ3) is 2.20. The van der Waals surface area contributed by atoms with Gasteiger partial charge in [0.15, 0.2) is 0 Å². The molecule has 2 fully saturated rings. The molecule has 4 nitrogen and oxygen atoms in total. The second-order valence-electron chi connectivity index (χ2n) is 4.87. The van der Waals surface area contributed by atoms with Crippen molar-refractivity contribution in [2.75, 3.05) is 0 Å². The van der Waals surface area contributed by atoms with Gasteiger partial charge in [0.05, 0.1) is 5.71 Å². The van der Waals surface area contributed by atoms with E-state index in [0.717, 1.165) is 19.3 Å². The molecule has 0 unspecified atom stereocenters. The summed E-state index contributed by atoms with van der Waals surface area (Å²) in [6.45, 7) is 1.42. The SMILES string of the molecule is CC(=O)O[C@@H]1C(=NO)CC[C@@H]2CCCC[C@H]21. The zero-order valence-corrected chi connectivity index (χ0v) is 9.69.